The van der Waals surface area contributed by atoms with Crippen LogP contribution in [-0.2, 0) is 11.2 Å². The summed E-state index contributed by atoms with van der Waals surface area (Å²) in [6.45, 7) is 6.23. The van der Waals surface area contributed by atoms with Gasteiger partial charge in [-0.3, -0.25) is 0 Å². The molecule has 1 aromatic heterocycles. The van der Waals surface area contributed by atoms with Gasteiger partial charge in [-0.1, -0.05) is 6.92 Å². The van der Waals surface area contributed by atoms with Crippen LogP contribution in [-0.4, -0.2) is 24.2 Å². The number of hydrogen-bond donors (Lipinski definition) is 1. The van der Waals surface area contributed by atoms with Crippen LogP contribution in [0.15, 0.2) is 0 Å². The van der Waals surface area contributed by atoms with E-state index in [0.29, 0.717) is 12.0 Å². The van der Waals surface area contributed by atoms with E-state index in [0.717, 1.165) is 25.7 Å². The average Bonchev–Trinajstić information content (AvgIpc) is 3.19. The van der Waals surface area contributed by atoms with E-state index < -0.39 is 0 Å². The molecule has 1 saturated heterocycles. The summed E-state index contributed by atoms with van der Waals surface area (Å²) in [5.41, 5.74) is 1.29. The zero-order valence-electron chi connectivity index (χ0n) is 11.9. The van der Waals surface area contributed by atoms with E-state index >= 15 is 0 Å². The molecule has 0 bridgehead atoms. The maximum absolute atomic E-state index is 5.51. The zero-order valence-corrected chi connectivity index (χ0v) is 12.8. The largest absolute Gasteiger partial charge is 0.381 e. The Bertz CT molecular complexity index is 422. The first-order chi connectivity index (χ1) is 9.28. The van der Waals surface area contributed by atoms with Crippen molar-refractivity contribution >= 4 is 11.3 Å². The van der Waals surface area contributed by atoms with Gasteiger partial charge in [0.1, 0.15) is 5.01 Å². The van der Waals surface area contributed by atoms with E-state index in [1.807, 2.05) is 11.3 Å². The zero-order chi connectivity index (χ0) is 13.2. The van der Waals surface area contributed by atoms with Crippen molar-refractivity contribution in [3.8, 4) is 0 Å². The standard InChI is InChI=1S/C15H24N2OS/c1-3-13-10(2)19-15(17-13)14(16-12-4-5-12)11-6-8-18-9-7-11/h11-12,14,16H,3-9H2,1-2H3. The van der Waals surface area contributed by atoms with E-state index in [9.17, 15) is 0 Å². The fourth-order valence-electron chi connectivity index (χ4n) is 2.87. The molecule has 106 valence electrons. The molecule has 19 heavy (non-hydrogen) atoms. The Morgan fingerprint density at radius 2 is 2.05 bits per heavy atom. The molecule has 2 aliphatic rings. The van der Waals surface area contributed by atoms with Gasteiger partial charge in [0, 0.05) is 24.1 Å². The summed E-state index contributed by atoms with van der Waals surface area (Å²) < 4.78 is 5.51. The van der Waals surface area contributed by atoms with Crippen molar-refractivity contribution < 1.29 is 4.74 Å². The van der Waals surface area contributed by atoms with Crippen molar-refractivity contribution in [1.82, 2.24) is 10.3 Å². The minimum atomic E-state index is 0.459. The first-order valence-electron chi connectivity index (χ1n) is 7.58. The molecule has 2 heterocycles. The second kappa shape index (κ2) is 5.90. The monoisotopic (exact) mass is 280 g/mol. The van der Waals surface area contributed by atoms with E-state index in [4.69, 9.17) is 9.72 Å². The summed E-state index contributed by atoms with van der Waals surface area (Å²) in [5, 5.41) is 5.15. The highest BCUT2D eigenvalue weighted by atomic mass is 32.1. The Morgan fingerprint density at radius 1 is 1.32 bits per heavy atom. The quantitative estimate of drug-likeness (QED) is 0.899. The van der Waals surface area contributed by atoms with Gasteiger partial charge in [-0.2, -0.15) is 0 Å². The van der Waals surface area contributed by atoms with Crippen molar-refractivity contribution in [2.45, 2.75) is 58.0 Å². The third kappa shape index (κ3) is 3.18. The molecule has 1 aliphatic heterocycles. The van der Waals surface area contributed by atoms with Crippen LogP contribution in [0.2, 0.25) is 0 Å². The Kier molecular flexibility index (Phi) is 4.20. The third-order valence-corrected chi connectivity index (χ3v) is 5.34. The van der Waals surface area contributed by atoms with Gasteiger partial charge in [-0.25, -0.2) is 4.98 Å². The molecule has 4 heteroatoms. The predicted octanol–water partition coefficient (Wildman–Crippen LogP) is 3.23. The molecule has 3 rings (SSSR count). The van der Waals surface area contributed by atoms with E-state index in [1.165, 1.54) is 41.3 Å². The summed E-state index contributed by atoms with van der Waals surface area (Å²) >= 11 is 1.90. The van der Waals surface area contributed by atoms with Crippen LogP contribution in [0.4, 0.5) is 0 Å². The number of hydrogen-bond acceptors (Lipinski definition) is 4. The van der Waals surface area contributed by atoms with Gasteiger partial charge in [0.2, 0.25) is 0 Å². The maximum atomic E-state index is 5.51. The van der Waals surface area contributed by atoms with E-state index in [1.54, 1.807) is 0 Å². The molecule has 0 radical (unpaired) electrons. The average molecular weight is 280 g/mol. The molecule has 1 saturated carbocycles. The SMILES string of the molecule is CCc1nc(C(NC2CC2)C2CCOCC2)sc1C. The van der Waals surface area contributed by atoms with Gasteiger partial charge < -0.3 is 10.1 Å². The second-order valence-electron chi connectivity index (χ2n) is 5.78. The van der Waals surface area contributed by atoms with Crippen LogP contribution in [0.3, 0.4) is 0 Å². The summed E-state index contributed by atoms with van der Waals surface area (Å²) in [6.07, 6.45) is 6.07. The number of ether oxygens (including phenoxy) is 1. The molecule has 2 fully saturated rings. The normalized spacial score (nSPS) is 22.6. The molecule has 1 N–H and O–H groups in total. The lowest BCUT2D eigenvalue weighted by Gasteiger charge is -2.30. The smallest absolute Gasteiger partial charge is 0.110 e. The topological polar surface area (TPSA) is 34.2 Å². The molecule has 1 aliphatic carbocycles. The number of aryl methyl sites for hydroxylation is 2. The van der Waals surface area contributed by atoms with Gasteiger partial charge in [0.15, 0.2) is 0 Å². The Labute approximate surface area is 119 Å². The Morgan fingerprint density at radius 3 is 2.63 bits per heavy atom. The third-order valence-electron chi connectivity index (χ3n) is 4.24. The lowest BCUT2D eigenvalue weighted by molar-refractivity contribution is 0.0532. The number of thiazole rings is 1. The fourth-order valence-corrected chi connectivity index (χ4v) is 4.04. The van der Waals surface area contributed by atoms with Crippen molar-refractivity contribution in [1.29, 1.82) is 0 Å². The van der Waals surface area contributed by atoms with Gasteiger partial charge in [0.05, 0.1) is 11.7 Å². The van der Waals surface area contributed by atoms with Crippen molar-refractivity contribution in [2.75, 3.05) is 13.2 Å². The van der Waals surface area contributed by atoms with Crippen LogP contribution < -0.4 is 5.32 Å². The number of aromatic nitrogens is 1. The second-order valence-corrected chi connectivity index (χ2v) is 7.01. The molecular weight excluding hydrogens is 256 g/mol. The highest BCUT2D eigenvalue weighted by Crippen LogP contribution is 2.36. The molecular formula is C15H24N2OS. The highest BCUT2D eigenvalue weighted by molar-refractivity contribution is 7.11. The van der Waals surface area contributed by atoms with Gasteiger partial charge in [-0.15, -0.1) is 11.3 Å². The predicted molar refractivity (Wildman–Crippen MR) is 78.7 cm³/mol. The molecule has 0 amide bonds. The van der Waals surface area contributed by atoms with Crippen LogP contribution >= 0.6 is 11.3 Å². The molecule has 1 aromatic rings. The van der Waals surface area contributed by atoms with Crippen LogP contribution in [0, 0.1) is 12.8 Å². The highest BCUT2D eigenvalue weighted by Gasteiger charge is 2.33. The first kappa shape index (κ1) is 13.5. The number of nitrogens with zero attached hydrogens (tertiary/aromatic N) is 1. The minimum Gasteiger partial charge on any atom is -0.381 e. The number of rotatable bonds is 5. The Hall–Kier alpha value is -0.450. The van der Waals surface area contributed by atoms with Crippen molar-refractivity contribution in [3.63, 3.8) is 0 Å². The van der Waals surface area contributed by atoms with Crippen LogP contribution in [0.25, 0.3) is 0 Å². The minimum absolute atomic E-state index is 0.459. The summed E-state index contributed by atoms with van der Waals surface area (Å²) in [5.74, 6) is 0.699. The van der Waals surface area contributed by atoms with Crippen LogP contribution in [0.1, 0.15) is 54.2 Å². The molecule has 1 unspecified atom stereocenters. The molecule has 0 aromatic carbocycles. The first-order valence-corrected chi connectivity index (χ1v) is 8.39. The Balaban J connectivity index is 1.79. The summed E-state index contributed by atoms with van der Waals surface area (Å²) in [7, 11) is 0. The number of nitrogens with one attached hydrogen (secondary N) is 1. The van der Waals surface area contributed by atoms with E-state index in [-0.39, 0.29) is 0 Å². The summed E-state index contributed by atoms with van der Waals surface area (Å²) in [4.78, 5) is 6.30. The summed E-state index contributed by atoms with van der Waals surface area (Å²) in [6, 6.07) is 1.20. The molecule has 0 spiro atoms. The van der Waals surface area contributed by atoms with Crippen LogP contribution in [0.5, 0.6) is 0 Å². The lowest BCUT2D eigenvalue weighted by atomic mass is 9.92. The van der Waals surface area contributed by atoms with Gasteiger partial charge >= 0.3 is 0 Å². The lowest BCUT2D eigenvalue weighted by Crippen LogP contribution is -2.33. The maximum Gasteiger partial charge on any atom is 0.110 e. The van der Waals surface area contributed by atoms with Gasteiger partial charge in [-0.05, 0) is 44.9 Å². The molecule has 1 atom stereocenters. The fraction of sp³-hybridized carbons (Fsp3) is 0.800. The van der Waals surface area contributed by atoms with E-state index in [2.05, 4.69) is 19.2 Å². The van der Waals surface area contributed by atoms with Crippen molar-refractivity contribution in [3.05, 3.63) is 15.6 Å². The van der Waals surface area contributed by atoms with Gasteiger partial charge in [0.25, 0.3) is 0 Å². The van der Waals surface area contributed by atoms with Crippen molar-refractivity contribution in [2.24, 2.45) is 5.92 Å². The molecule has 3 nitrogen and oxygen atoms in total.